The molecule has 1 amide bonds. The SMILES string of the molecule is COc1ccc(CCN2CCC[C@H](CN(C)C(=O)c3cc(F)cc(F)c3)C2)cc1. The first-order chi connectivity index (χ1) is 13.9. The zero-order valence-electron chi connectivity index (χ0n) is 17.0. The second kappa shape index (κ2) is 9.83. The zero-order chi connectivity index (χ0) is 20.8. The van der Waals surface area contributed by atoms with E-state index in [1.165, 1.54) is 5.56 Å². The number of amides is 1. The fraction of sp³-hybridized carbons (Fsp3) is 0.435. The van der Waals surface area contributed by atoms with Crippen molar-refractivity contribution in [2.45, 2.75) is 19.3 Å². The van der Waals surface area contributed by atoms with Crippen LogP contribution in [0.2, 0.25) is 0 Å². The monoisotopic (exact) mass is 402 g/mol. The van der Waals surface area contributed by atoms with Gasteiger partial charge in [0.1, 0.15) is 17.4 Å². The molecule has 1 heterocycles. The molecule has 29 heavy (non-hydrogen) atoms. The van der Waals surface area contributed by atoms with Crippen LogP contribution in [0.4, 0.5) is 8.78 Å². The number of benzene rings is 2. The molecule has 2 aromatic rings. The Bertz CT molecular complexity index is 806. The van der Waals surface area contributed by atoms with Gasteiger partial charge < -0.3 is 14.5 Å². The van der Waals surface area contributed by atoms with E-state index in [0.717, 1.165) is 62.8 Å². The number of hydrogen-bond acceptors (Lipinski definition) is 3. The summed E-state index contributed by atoms with van der Waals surface area (Å²) in [5.74, 6) is -0.600. The molecule has 0 saturated carbocycles. The molecular weight excluding hydrogens is 374 g/mol. The number of piperidine rings is 1. The van der Waals surface area contributed by atoms with Crippen molar-refractivity contribution in [2.24, 2.45) is 5.92 Å². The topological polar surface area (TPSA) is 32.8 Å². The Morgan fingerprint density at radius 2 is 1.86 bits per heavy atom. The number of rotatable bonds is 7. The van der Waals surface area contributed by atoms with Gasteiger partial charge in [0.25, 0.3) is 5.91 Å². The lowest BCUT2D eigenvalue weighted by Crippen LogP contribution is -2.42. The number of carbonyl (C=O) groups excluding carboxylic acids is 1. The Morgan fingerprint density at radius 3 is 2.52 bits per heavy atom. The Morgan fingerprint density at radius 1 is 1.17 bits per heavy atom. The highest BCUT2D eigenvalue weighted by atomic mass is 19.1. The van der Waals surface area contributed by atoms with E-state index in [9.17, 15) is 13.6 Å². The highest BCUT2D eigenvalue weighted by Gasteiger charge is 2.23. The maximum atomic E-state index is 13.4. The van der Waals surface area contributed by atoms with E-state index in [0.29, 0.717) is 12.5 Å². The first-order valence-electron chi connectivity index (χ1n) is 10.0. The maximum Gasteiger partial charge on any atom is 0.253 e. The Hall–Kier alpha value is -2.47. The number of ether oxygens (including phenoxy) is 1. The number of hydrogen-bond donors (Lipinski definition) is 0. The highest BCUT2D eigenvalue weighted by molar-refractivity contribution is 5.94. The van der Waals surface area contributed by atoms with Crippen molar-refractivity contribution in [1.29, 1.82) is 0 Å². The van der Waals surface area contributed by atoms with Crippen molar-refractivity contribution in [1.82, 2.24) is 9.80 Å². The minimum Gasteiger partial charge on any atom is -0.497 e. The molecule has 0 unspecified atom stereocenters. The van der Waals surface area contributed by atoms with Crippen molar-refractivity contribution in [3.63, 3.8) is 0 Å². The Labute approximate surface area is 171 Å². The first-order valence-corrected chi connectivity index (χ1v) is 10.0. The van der Waals surface area contributed by atoms with Crippen LogP contribution in [0.3, 0.4) is 0 Å². The molecule has 0 aliphatic carbocycles. The number of nitrogens with zero attached hydrogens (tertiary/aromatic N) is 2. The lowest BCUT2D eigenvalue weighted by atomic mass is 9.96. The average Bonchev–Trinajstić information content (AvgIpc) is 2.71. The third-order valence-corrected chi connectivity index (χ3v) is 5.47. The molecule has 0 spiro atoms. The van der Waals surface area contributed by atoms with Crippen molar-refractivity contribution >= 4 is 5.91 Å². The van der Waals surface area contributed by atoms with Crippen LogP contribution in [0, 0.1) is 17.6 Å². The highest BCUT2D eigenvalue weighted by Crippen LogP contribution is 2.20. The van der Waals surface area contributed by atoms with Gasteiger partial charge in [-0.25, -0.2) is 8.78 Å². The number of likely N-dealkylation sites (tertiary alicyclic amines) is 1. The van der Waals surface area contributed by atoms with Crippen LogP contribution in [-0.2, 0) is 6.42 Å². The van der Waals surface area contributed by atoms with Crippen LogP contribution in [0.25, 0.3) is 0 Å². The van der Waals surface area contributed by atoms with Crippen LogP contribution in [0.5, 0.6) is 5.75 Å². The summed E-state index contributed by atoms with van der Waals surface area (Å²) >= 11 is 0. The summed E-state index contributed by atoms with van der Waals surface area (Å²) in [7, 11) is 3.36. The molecule has 0 radical (unpaired) electrons. The lowest BCUT2D eigenvalue weighted by Gasteiger charge is -2.34. The van der Waals surface area contributed by atoms with Crippen LogP contribution < -0.4 is 4.74 Å². The first kappa shape index (κ1) is 21.2. The number of carbonyl (C=O) groups is 1. The molecule has 2 aromatic carbocycles. The summed E-state index contributed by atoms with van der Waals surface area (Å²) in [5, 5.41) is 0. The van der Waals surface area contributed by atoms with Crippen LogP contribution in [-0.4, -0.2) is 56.0 Å². The molecule has 1 aliphatic heterocycles. The van der Waals surface area contributed by atoms with Gasteiger partial charge in [0, 0.05) is 38.3 Å². The molecule has 1 fully saturated rings. The normalized spacial score (nSPS) is 17.2. The van der Waals surface area contributed by atoms with Crippen LogP contribution in [0.15, 0.2) is 42.5 Å². The van der Waals surface area contributed by atoms with E-state index in [1.807, 2.05) is 12.1 Å². The summed E-state index contributed by atoms with van der Waals surface area (Å²) in [4.78, 5) is 16.5. The minimum atomic E-state index is -0.732. The predicted molar refractivity (Wildman–Crippen MR) is 109 cm³/mol. The third-order valence-electron chi connectivity index (χ3n) is 5.47. The lowest BCUT2D eigenvalue weighted by molar-refractivity contribution is 0.0729. The molecular formula is C23H28F2N2O2. The smallest absolute Gasteiger partial charge is 0.253 e. The molecule has 1 aliphatic rings. The van der Waals surface area contributed by atoms with Gasteiger partial charge in [-0.2, -0.15) is 0 Å². The van der Waals surface area contributed by atoms with Crippen molar-refractivity contribution in [3.8, 4) is 5.75 Å². The molecule has 0 aromatic heterocycles. The largest absolute Gasteiger partial charge is 0.497 e. The quantitative estimate of drug-likeness (QED) is 0.702. The third kappa shape index (κ3) is 6.00. The fourth-order valence-electron chi connectivity index (χ4n) is 3.95. The number of halogens is 2. The molecule has 4 nitrogen and oxygen atoms in total. The van der Waals surface area contributed by atoms with E-state index in [1.54, 1.807) is 19.1 Å². The zero-order valence-corrected chi connectivity index (χ0v) is 17.0. The van der Waals surface area contributed by atoms with E-state index in [-0.39, 0.29) is 11.5 Å². The average molecular weight is 402 g/mol. The van der Waals surface area contributed by atoms with Gasteiger partial charge in [0.05, 0.1) is 7.11 Å². The van der Waals surface area contributed by atoms with Crippen LogP contribution >= 0.6 is 0 Å². The molecule has 0 bridgehead atoms. The van der Waals surface area contributed by atoms with E-state index < -0.39 is 11.6 Å². The minimum absolute atomic E-state index is 0.0529. The summed E-state index contributed by atoms with van der Waals surface area (Å²) in [6.07, 6.45) is 3.10. The molecule has 0 N–H and O–H groups in total. The maximum absolute atomic E-state index is 13.4. The number of methoxy groups -OCH3 is 1. The fourth-order valence-corrected chi connectivity index (χ4v) is 3.95. The van der Waals surface area contributed by atoms with Gasteiger partial charge in [0.2, 0.25) is 0 Å². The molecule has 1 saturated heterocycles. The van der Waals surface area contributed by atoms with Crippen LogP contribution in [0.1, 0.15) is 28.8 Å². The van der Waals surface area contributed by atoms with Gasteiger partial charge in [-0.15, -0.1) is 0 Å². The summed E-state index contributed by atoms with van der Waals surface area (Å²) in [6, 6.07) is 11.1. The van der Waals surface area contributed by atoms with Crippen molar-refractivity contribution in [3.05, 3.63) is 65.2 Å². The predicted octanol–water partition coefficient (Wildman–Crippen LogP) is 4.00. The van der Waals surface area contributed by atoms with Gasteiger partial charge >= 0.3 is 0 Å². The Balaban J connectivity index is 1.51. The van der Waals surface area contributed by atoms with Gasteiger partial charge in [-0.3, -0.25) is 4.79 Å². The molecule has 3 rings (SSSR count). The Kier molecular flexibility index (Phi) is 7.20. The van der Waals surface area contributed by atoms with Crippen molar-refractivity contribution in [2.75, 3.05) is 40.3 Å². The molecule has 1 atom stereocenters. The van der Waals surface area contributed by atoms with E-state index in [4.69, 9.17) is 4.74 Å². The van der Waals surface area contributed by atoms with Gasteiger partial charge in [-0.05, 0) is 61.6 Å². The van der Waals surface area contributed by atoms with Gasteiger partial charge in [-0.1, -0.05) is 12.1 Å². The summed E-state index contributed by atoms with van der Waals surface area (Å²) in [6.45, 7) is 3.52. The molecule has 6 heteroatoms. The molecule has 156 valence electrons. The van der Waals surface area contributed by atoms with Crippen molar-refractivity contribution < 1.29 is 18.3 Å². The van der Waals surface area contributed by atoms with Gasteiger partial charge in [0.15, 0.2) is 0 Å². The second-order valence-corrected chi connectivity index (χ2v) is 7.75. The standard InChI is InChI=1S/C23H28F2N2O2/c1-26(23(28)19-12-20(24)14-21(25)13-19)15-18-4-3-10-27(16-18)11-9-17-5-7-22(29-2)8-6-17/h5-8,12-14,18H,3-4,9-11,15-16H2,1-2H3/t18-/m1/s1. The summed E-state index contributed by atoms with van der Waals surface area (Å²) in [5.41, 5.74) is 1.32. The second-order valence-electron chi connectivity index (χ2n) is 7.75. The van der Waals surface area contributed by atoms with E-state index >= 15 is 0 Å². The van der Waals surface area contributed by atoms with E-state index in [2.05, 4.69) is 17.0 Å². The summed E-state index contributed by atoms with van der Waals surface area (Å²) < 4.78 is 32.0.